The van der Waals surface area contributed by atoms with Crippen molar-refractivity contribution < 1.29 is 9.59 Å². The maximum absolute atomic E-state index is 11.8. The zero-order valence-electron chi connectivity index (χ0n) is 14.5. The first-order chi connectivity index (χ1) is 12.1. The van der Waals surface area contributed by atoms with Crippen molar-refractivity contribution in [2.45, 2.75) is 38.1 Å². The fourth-order valence-electron chi connectivity index (χ4n) is 4.26. The summed E-state index contributed by atoms with van der Waals surface area (Å²) in [7, 11) is 0. The number of nitrogens with one attached hydrogen (secondary N) is 3. The molecule has 0 aliphatic carbocycles. The van der Waals surface area contributed by atoms with Gasteiger partial charge in [0.25, 0.3) is 0 Å². The van der Waals surface area contributed by atoms with E-state index in [-0.39, 0.29) is 17.9 Å². The Hall–Kier alpha value is -2.08. The van der Waals surface area contributed by atoms with Gasteiger partial charge in [0.2, 0.25) is 11.8 Å². The van der Waals surface area contributed by atoms with Gasteiger partial charge in [0.1, 0.15) is 6.04 Å². The third-order valence-electron chi connectivity index (χ3n) is 5.97. The molecule has 3 heterocycles. The van der Waals surface area contributed by atoms with E-state index in [1.54, 1.807) is 0 Å². The van der Waals surface area contributed by atoms with Crippen molar-refractivity contribution in [2.24, 2.45) is 5.41 Å². The van der Waals surface area contributed by atoms with Gasteiger partial charge >= 0.3 is 0 Å². The van der Waals surface area contributed by atoms with Gasteiger partial charge in [-0.25, -0.2) is 0 Å². The first-order valence-corrected chi connectivity index (χ1v) is 9.30. The van der Waals surface area contributed by atoms with E-state index in [1.807, 2.05) is 12.1 Å². The molecule has 6 nitrogen and oxygen atoms in total. The fraction of sp³-hybridized carbons (Fsp3) is 0.579. The maximum atomic E-state index is 11.8. The lowest BCUT2D eigenvalue weighted by molar-refractivity contribution is -0.133. The highest BCUT2D eigenvalue weighted by atomic mass is 16.2. The minimum absolute atomic E-state index is 0.182. The lowest BCUT2D eigenvalue weighted by atomic mass is 9.78. The van der Waals surface area contributed by atoms with Crippen LogP contribution in [0.2, 0.25) is 0 Å². The van der Waals surface area contributed by atoms with Crippen LogP contribution in [0.1, 0.15) is 32.1 Å². The van der Waals surface area contributed by atoms with Crippen molar-refractivity contribution in [3.05, 3.63) is 24.3 Å². The van der Waals surface area contributed by atoms with Crippen LogP contribution in [0.25, 0.3) is 0 Å². The van der Waals surface area contributed by atoms with Gasteiger partial charge in [0.05, 0.1) is 0 Å². The van der Waals surface area contributed by atoms with E-state index in [9.17, 15) is 9.59 Å². The highest BCUT2D eigenvalue weighted by molar-refractivity contribution is 6.01. The highest BCUT2D eigenvalue weighted by Crippen LogP contribution is 2.38. The van der Waals surface area contributed by atoms with E-state index in [1.165, 1.54) is 38.0 Å². The number of carbonyl (C=O) groups excluding carboxylic acids is 2. The molecule has 3 saturated heterocycles. The monoisotopic (exact) mass is 342 g/mol. The van der Waals surface area contributed by atoms with Crippen LogP contribution in [0.15, 0.2) is 24.3 Å². The summed E-state index contributed by atoms with van der Waals surface area (Å²) in [6.07, 6.45) is 4.78. The van der Waals surface area contributed by atoms with Crippen LogP contribution in [0.5, 0.6) is 0 Å². The van der Waals surface area contributed by atoms with Gasteiger partial charge in [-0.15, -0.1) is 0 Å². The Balaban J connectivity index is 1.34. The molecule has 1 spiro atoms. The summed E-state index contributed by atoms with van der Waals surface area (Å²) in [5.41, 5.74) is 2.70. The summed E-state index contributed by atoms with van der Waals surface area (Å²) >= 11 is 0. The molecule has 0 aromatic heterocycles. The smallest absolute Gasteiger partial charge is 0.249 e. The summed E-state index contributed by atoms with van der Waals surface area (Å²) in [5, 5.41) is 9.12. The lowest BCUT2D eigenvalue weighted by Gasteiger charge is -2.40. The molecule has 6 heteroatoms. The Kier molecular flexibility index (Phi) is 4.37. The van der Waals surface area contributed by atoms with Crippen LogP contribution in [0, 0.1) is 5.41 Å². The van der Waals surface area contributed by atoms with Crippen LogP contribution >= 0.6 is 0 Å². The van der Waals surface area contributed by atoms with E-state index < -0.39 is 0 Å². The third-order valence-corrected chi connectivity index (χ3v) is 5.97. The van der Waals surface area contributed by atoms with Crippen molar-refractivity contribution in [1.29, 1.82) is 0 Å². The number of hydrogen-bond donors (Lipinski definition) is 3. The van der Waals surface area contributed by atoms with Crippen LogP contribution in [0.4, 0.5) is 11.4 Å². The summed E-state index contributed by atoms with van der Waals surface area (Å²) in [4.78, 5) is 25.5. The second-order valence-electron chi connectivity index (χ2n) is 7.61. The Morgan fingerprint density at radius 1 is 1.08 bits per heavy atom. The van der Waals surface area contributed by atoms with Gasteiger partial charge in [-0.3, -0.25) is 14.9 Å². The van der Waals surface area contributed by atoms with Gasteiger partial charge in [0, 0.05) is 37.4 Å². The topological polar surface area (TPSA) is 73.5 Å². The maximum Gasteiger partial charge on any atom is 0.249 e. The number of rotatable bonds is 3. The van der Waals surface area contributed by atoms with Crippen LogP contribution in [-0.2, 0) is 9.59 Å². The van der Waals surface area contributed by atoms with Crippen molar-refractivity contribution in [3.63, 3.8) is 0 Å². The lowest BCUT2D eigenvalue weighted by Crippen LogP contribution is -2.47. The standard InChI is InChI=1S/C19H26N4O2/c24-17-6-5-16(18(25)22-17)21-14-1-3-15(4-2-14)23-11-8-19(9-12-23)7-10-20-13-19/h1-4,16,20-21H,5-13H2,(H,22,24,25). The molecule has 1 unspecified atom stereocenters. The van der Waals surface area contributed by atoms with Crippen molar-refractivity contribution in [3.8, 4) is 0 Å². The second kappa shape index (κ2) is 6.67. The number of nitrogens with zero attached hydrogens (tertiary/aromatic N) is 1. The molecule has 3 aliphatic heterocycles. The van der Waals surface area contributed by atoms with Crippen molar-refractivity contribution in [1.82, 2.24) is 10.6 Å². The summed E-state index contributed by atoms with van der Waals surface area (Å²) in [5.74, 6) is -0.412. The van der Waals surface area contributed by atoms with Crippen molar-refractivity contribution in [2.75, 3.05) is 36.4 Å². The molecular formula is C19H26N4O2. The number of hydrogen-bond acceptors (Lipinski definition) is 5. The molecule has 4 rings (SSSR count). The molecule has 1 aromatic rings. The van der Waals surface area contributed by atoms with E-state index in [4.69, 9.17) is 0 Å². The minimum atomic E-state index is -0.326. The molecule has 3 N–H and O–H groups in total. The van der Waals surface area contributed by atoms with E-state index in [2.05, 4.69) is 33.0 Å². The fourth-order valence-corrected chi connectivity index (χ4v) is 4.26. The number of anilines is 2. The number of carbonyl (C=O) groups is 2. The molecule has 1 atom stereocenters. The third kappa shape index (κ3) is 3.49. The molecule has 0 saturated carbocycles. The van der Waals surface area contributed by atoms with Crippen LogP contribution < -0.4 is 20.9 Å². The molecular weight excluding hydrogens is 316 g/mol. The molecule has 2 amide bonds. The first-order valence-electron chi connectivity index (χ1n) is 9.30. The minimum Gasteiger partial charge on any atom is -0.374 e. The predicted octanol–water partition coefficient (Wildman–Crippen LogP) is 1.48. The Labute approximate surface area is 148 Å². The molecule has 0 bridgehead atoms. The predicted molar refractivity (Wildman–Crippen MR) is 97.6 cm³/mol. The van der Waals surface area contributed by atoms with E-state index in [0.717, 1.165) is 18.8 Å². The van der Waals surface area contributed by atoms with E-state index >= 15 is 0 Å². The normalized spacial score (nSPS) is 25.9. The number of imide groups is 1. The van der Waals surface area contributed by atoms with Gasteiger partial charge in [-0.05, 0) is 61.9 Å². The van der Waals surface area contributed by atoms with Gasteiger partial charge < -0.3 is 15.5 Å². The molecule has 0 radical (unpaired) electrons. The second-order valence-corrected chi connectivity index (χ2v) is 7.61. The Bertz CT molecular complexity index is 642. The summed E-state index contributed by atoms with van der Waals surface area (Å²) in [6, 6.07) is 7.98. The molecule has 25 heavy (non-hydrogen) atoms. The Morgan fingerprint density at radius 2 is 1.84 bits per heavy atom. The average Bonchev–Trinajstić information content (AvgIpc) is 3.07. The molecule has 1 aromatic carbocycles. The number of amides is 2. The summed E-state index contributed by atoms with van der Waals surface area (Å²) in [6.45, 7) is 4.57. The summed E-state index contributed by atoms with van der Waals surface area (Å²) < 4.78 is 0. The van der Waals surface area contributed by atoms with Crippen LogP contribution in [-0.4, -0.2) is 44.0 Å². The largest absolute Gasteiger partial charge is 0.374 e. The molecule has 134 valence electrons. The number of piperidine rings is 2. The van der Waals surface area contributed by atoms with Crippen LogP contribution in [0.3, 0.4) is 0 Å². The Morgan fingerprint density at radius 3 is 2.48 bits per heavy atom. The highest BCUT2D eigenvalue weighted by Gasteiger charge is 2.37. The SMILES string of the molecule is O=C1CCC(Nc2ccc(N3CCC4(CCNC4)CC3)cc2)C(=O)N1. The zero-order chi connectivity index (χ0) is 17.3. The van der Waals surface area contributed by atoms with Gasteiger partial charge in [-0.2, -0.15) is 0 Å². The number of benzene rings is 1. The van der Waals surface area contributed by atoms with E-state index in [0.29, 0.717) is 18.3 Å². The van der Waals surface area contributed by atoms with Gasteiger partial charge in [-0.1, -0.05) is 0 Å². The first kappa shape index (κ1) is 16.4. The molecule has 3 fully saturated rings. The van der Waals surface area contributed by atoms with Crippen molar-refractivity contribution >= 4 is 23.2 Å². The molecule has 3 aliphatic rings. The zero-order valence-corrected chi connectivity index (χ0v) is 14.5. The quantitative estimate of drug-likeness (QED) is 0.726. The average molecular weight is 342 g/mol. The van der Waals surface area contributed by atoms with Gasteiger partial charge in [0.15, 0.2) is 0 Å².